The number of ether oxygens (including phenoxy) is 2. The Balaban J connectivity index is 2.41. The number of benzene rings is 1. The lowest BCUT2D eigenvalue weighted by atomic mass is 10.1. The molecule has 0 unspecified atom stereocenters. The predicted molar refractivity (Wildman–Crippen MR) is 88.6 cm³/mol. The second-order valence-electron chi connectivity index (χ2n) is 6.13. The number of carbonyl (C=O) groups excluding carboxylic acids is 2. The van der Waals surface area contributed by atoms with Gasteiger partial charge in [-0.3, -0.25) is 9.59 Å². The number of carbonyl (C=O) groups is 2. The molecule has 2 amide bonds. The molecule has 1 rings (SSSR count). The fraction of sp³-hybridized carbons (Fsp3) is 0.529. The van der Waals surface area contributed by atoms with Crippen LogP contribution in [0.4, 0.5) is 0 Å². The molecule has 1 aromatic rings. The van der Waals surface area contributed by atoms with Gasteiger partial charge in [0.15, 0.2) is 18.1 Å². The molecule has 0 aliphatic rings. The third kappa shape index (κ3) is 6.18. The van der Waals surface area contributed by atoms with E-state index in [1.54, 1.807) is 24.1 Å². The van der Waals surface area contributed by atoms with Crippen molar-refractivity contribution >= 4 is 11.8 Å². The first-order valence-corrected chi connectivity index (χ1v) is 7.56. The van der Waals surface area contributed by atoms with Gasteiger partial charge in [-0.2, -0.15) is 0 Å². The van der Waals surface area contributed by atoms with E-state index >= 15 is 0 Å². The highest BCUT2D eigenvalue weighted by atomic mass is 16.5. The Bertz CT molecular complexity index is 538. The zero-order valence-electron chi connectivity index (χ0n) is 14.5. The molecule has 1 aromatic carbocycles. The van der Waals surface area contributed by atoms with Crippen LogP contribution in [-0.4, -0.2) is 49.1 Å². The summed E-state index contributed by atoms with van der Waals surface area (Å²) in [7, 11) is 1.55. The number of para-hydroxylation sites is 2. The molecule has 128 valence electrons. The standard InChI is InChI=1S/C17H26N2O4/c1-13(20)19(17(2,3)4)11-10-18-16(21)12-23-15-9-7-6-8-14(15)22-5/h6-9H,10-12H2,1-5H3,(H,18,21). The van der Waals surface area contributed by atoms with Crippen LogP contribution in [0, 0.1) is 0 Å². The van der Waals surface area contributed by atoms with Crippen molar-refractivity contribution < 1.29 is 19.1 Å². The number of rotatable bonds is 7. The van der Waals surface area contributed by atoms with E-state index in [0.717, 1.165) is 0 Å². The Morgan fingerprint density at radius 1 is 1.17 bits per heavy atom. The van der Waals surface area contributed by atoms with Crippen LogP contribution in [0.2, 0.25) is 0 Å². The molecule has 23 heavy (non-hydrogen) atoms. The minimum Gasteiger partial charge on any atom is -0.493 e. The van der Waals surface area contributed by atoms with Crippen molar-refractivity contribution in [2.75, 3.05) is 26.8 Å². The number of hydrogen-bond donors (Lipinski definition) is 1. The van der Waals surface area contributed by atoms with Crippen LogP contribution in [0.3, 0.4) is 0 Å². The third-order valence-electron chi connectivity index (χ3n) is 3.28. The number of methoxy groups -OCH3 is 1. The summed E-state index contributed by atoms with van der Waals surface area (Å²) in [6.45, 7) is 8.14. The molecular weight excluding hydrogens is 296 g/mol. The second kappa shape index (κ2) is 8.41. The molecule has 0 fully saturated rings. The molecule has 0 saturated heterocycles. The largest absolute Gasteiger partial charge is 0.493 e. The smallest absolute Gasteiger partial charge is 0.258 e. The quantitative estimate of drug-likeness (QED) is 0.832. The Morgan fingerprint density at radius 2 is 1.78 bits per heavy atom. The highest BCUT2D eigenvalue weighted by Gasteiger charge is 2.23. The first kappa shape index (κ1) is 18.8. The molecule has 0 bridgehead atoms. The monoisotopic (exact) mass is 322 g/mol. The van der Waals surface area contributed by atoms with Gasteiger partial charge in [-0.1, -0.05) is 12.1 Å². The molecule has 6 heteroatoms. The van der Waals surface area contributed by atoms with E-state index in [1.165, 1.54) is 6.92 Å². The molecule has 0 aliphatic heterocycles. The fourth-order valence-electron chi connectivity index (χ4n) is 2.20. The van der Waals surface area contributed by atoms with Gasteiger partial charge in [-0.25, -0.2) is 0 Å². The summed E-state index contributed by atoms with van der Waals surface area (Å²) in [5, 5.41) is 2.75. The van der Waals surface area contributed by atoms with Gasteiger partial charge in [0.25, 0.3) is 5.91 Å². The maximum Gasteiger partial charge on any atom is 0.258 e. The summed E-state index contributed by atoms with van der Waals surface area (Å²) in [5.74, 6) is 0.839. The van der Waals surface area contributed by atoms with Crippen molar-refractivity contribution in [2.45, 2.75) is 33.2 Å². The summed E-state index contributed by atoms with van der Waals surface area (Å²) >= 11 is 0. The summed E-state index contributed by atoms with van der Waals surface area (Å²) in [5.41, 5.74) is -0.273. The fourth-order valence-corrected chi connectivity index (χ4v) is 2.20. The number of nitrogens with zero attached hydrogens (tertiary/aromatic N) is 1. The van der Waals surface area contributed by atoms with E-state index in [0.29, 0.717) is 24.6 Å². The molecule has 0 saturated carbocycles. The van der Waals surface area contributed by atoms with E-state index < -0.39 is 0 Å². The molecule has 0 radical (unpaired) electrons. The van der Waals surface area contributed by atoms with E-state index in [1.807, 2.05) is 32.9 Å². The molecule has 0 atom stereocenters. The minimum atomic E-state index is -0.273. The number of hydrogen-bond acceptors (Lipinski definition) is 4. The van der Waals surface area contributed by atoms with Crippen LogP contribution in [0.1, 0.15) is 27.7 Å². The molecule has 6 nitrogen and oxygen atoms in total. The van der Waals surface area contributed by atoms with Crippen LogP contribution in [0.5, 0.6) is 11.5 Å². The maximum absolute atomic E-state index is 11.8. The lowest BCUT2D eigenvalue weighted by Gasteiger charge is -2.35. The van der Waals surface area contributed by atoms with Gasteiger partial charge in [0.1, 0.15) is 0 Å². The van der Waals surface area contributed by atoms with Crippen molar-refractivity contribution in [3.8, 4) is 11.5 Å². The topological polar surface area (TPSA) is 67.9 Å². The van der Waals surface area contributed by atoms with E-state index in [-0.39, 0.29) is 24.0 Å². The van der Waals surface area contributed by atoms with Gasteiger partial charge in [0.2, 0.25) is 5.91 Å². The first-order valence-electron chi connectivity index (χ1n) is 7.56. The van der Waals surface area contributed by atoms with Gasteiger partial charge in [-0.05, 0) is 32.9 Å². The van der Waals surface area contributed by atoms with Crippen molar-refractivity contribution in [1.82, 2.24) is 10.2 Å². The molecule has 0 aromatic heterocycles. The van der Waals surface area contributed by atoms with Crippen LogP contribution in [0.15, 0.2) is 24.3 Å². The Morgan fingerprint density at radius 3 is 2.30 bits per heavy atom. The van der Waals surface area contributed by atoms with Gasteiger partial charge < -0.3 is 19.7 Å². The Kier molecular flexibility index (Phi) is 6.88. The first-order chi connectivity index (χ1) is 10.8. The van der Waals surface area contributed by atoms with Crippen LogP contribution in [0.25, 0.3) is 0 Å². The van der Waals surface area contributed by atoms with Gasteiger partial charge in [-0.15, -0.1) is 0 Å². The maximum atomic E-state index is 11.8. The summed E-state index contributed by atoms with van der Waals surface area (Å²) < 4.78 is 10.6. The second-order valence-corrected chi connectivity index (χ2v) is 6.13. The lowest BCUT2D eigenvalue weighted by Crippen LogP contribution is -2.48. The van der Waals surface area contributed by atoms with Gasteiger partial charge >= 0.3 is 0 Å². The van der Waals surface area contributed by atoms with Crippen LogP contribution in [-0.2, 0) is 9.59 Å². The Hall–Kier alpha value is -2.24. The van der Waals surface area contributed by atoms with Crippen molar-refractivity contribution in [3.05, 3.63) is 24.3 Å². The van der Waals surface area contributed by atoms with Crippen LogP contribution < -0.4 is 14.8 Å². The molecule has 1 N–H and O–H groups in total. The zero-order chi connectivity index (χ0) is 17.5. The number of nitrogens with one attached hydrogen (secondary N) is 1. The summed E-state index contributed by atoms with van der Waals surface area (Å²) in [6.07, 6.45) is 0. The van der Waals surface area contributed by atoms with Crippen molar-refractivity contribution in [1.29, 1.82) is 0 Å². The zero-order valence-corrected chi connectivity index (χ0v) is 14.5. The van der Waals surface area contributed by atoms with Crippen molar-refractivity contribution in [2.24, 2.45) is 0 Å². The van der Waals surface area contributed by atoms with Gasteiger partial charge in [0.05, 0.1) is 7.11 Å². The lowest BCUT2D eigenvalue weighted by molar-refractivity contribution is -0.134. The third-order valence-corrected chi connectivity index (χ3v) is 3.28. The normalized spacial score (nSPS) is 10.8. The van der Waals surface area contributed by atoms with Crippen LogP contribution >= 0.6 is 0 Å². The summed E-state index contributed by atoms with van der Waals surface area (Å²) in [4.78, 5) is 25.2. The van der Waals surface area contributed by atoms with E-state index in [2.05, 4.69) is 5.32 Å². The van der Waals surface area contributed by atoms with Crippen molar-refractivity contribution in [3.63, 3.8) is 0 Å². The van der Waals surface area contributed by atoms with Gasteiger partial charge in [0, 0.05) is 25.6 Å². The SMILES string of the molecule is COc1ccccc1OCC(=O)NCCN(C(C)=O)C(C)(C)C. The highest BCUT2D eigenvalue weighted by molar-refractivity contribution is 5.78. The Labute approximate surface area is 137 Å². The summed E-state index contributed by atoms with van der Waals surface area (Å²) in [6, 6.07) is 7.14. The minimum absolute atomic E-state index is 0.0166. The average Bonchev–Trinajstić information content (AvgIpc) is 2.48. The average molecular weight is 322 g/mol. The predicted octanol–water partition coefficient (Wildman–Crippen LogP) is 1.84. The molecule has 0 aliphatic carbocycles. The van der Waals surface area contributed by atoms with E-state index in [4.69, 9.17) is 9.47 Å². The molecule has 0 heterocycles. The molecule has 0 spiro atoms. The number of amides is 2. The highest BCUT2D eigenvalue weighted by Crippen LogP contribution is 2.25. The van der Waals surface area contributed by atoms with E-state index in [9.17, 15) is 9.59 Å². The molecular formula is C17H26N2O4.